The quantitative estimate of drug-likeness (QED) is 0.588. The average Bonchev–Trinajstić information content (AvgIpc) is 3.16. The molecule has 0 bridgehead atoms. The van der Waals surface area contributed by atoms with Crippen molar-refractivity contribution in [2.45, 2.75) is 13.5 Å². The smallest absolute Gasteiger partial charge is 0.350 e. The number of hydrogen-bond donors (Lipinski definition) is 0. The van der Waals surface area contributed by atoms with E-state index in [2.05, 4.69) is 0 Å². The van der Waals surface area contributed by atoms with E-state index in [4.69, 9.17) is 16.3 Å². The topological polar surface area (TPSA) is 46.6 Å². The molecule has 0 fully saturated rings. The molecule has 2 aromatic heterocycles. The van der Waals surface area contributed by atoms with Crippen LogP contribution in [0.4, 0.5) is 0 Å². The van der Waals surface area contributed by atoms with E-state index in [9.17, 15) is 9.59 Å². The Kier molecular flexibility index (Phi) is 5.42. The molecule has 0 aliphatic carbocycles. The first-order valence-corrected chi connectivity index (χ1v) is 9.66. The van der Waals surface area contributed by atoms with Gasteiger partial charge in [-0.05, 0) is 30.0 Å². The zero-order valence-corrected chi connectivity index (χ0v) is 16.1. The van der Waals surface area contributed by atoms with Crippen LogP contribution in [0.2, 0.25) is 5.02 Å². The number of rotatable bonds is 5. The van der Waals surface area contributed by atoms with Gasteiger partial charge in [0.1, 0.15) is 4.88 Å². The Morgan fingerprint density at radius 1 is 1.24 bits per heavy atom. The summed E-state index contributed by atoms with van der Waals surface area (Å²) in [4.78, 5) is 27.5. The van der Waals surface area contributed by atoms with Crippen molar-refractivity contribution in [3.63, 3.8) is 0 Å². The van der Waals surface area contributed by atoms with Gasteiger partial charge in [-0.2, -0.15) is 0 Å². The molecule has 1 aromatic carbocycles. The maximum Gasteiger partial charge on any atom is 0.350 e. The molecule has 0 unspecified atom stereocenters. The van der Waals surface area contributed by atoms with Crippen molar-refractivity contribution in [3.05, 3.63) is 56.1 Å². The molecule has 3 rings (SSSR count). The Balaban J connectivity index is 1.62. The van der Waals surface area contributed by atoms with Gasteiger partial charge in [-0.1, -0.05) is 29.8 Å². The molecule has 3 aromatic rings. The van der Waals surface area contributed by atoms with Gasteiger partial charge in [0.15, 0.2) is 6.61 Å². The van der Waals surface area contributed by atoms with Gasteiger partial charge in [0.2, 0.25) is 0 Å². The molecule has 0 aliphatic heterocycles. The first kappa shape index (κ1) is 17.9. The summed E-state index contributed by atoms with van der Waals surface area (Å²) in [6.07, 6.45) is 0. The fraction of sp³-hybridized carbons (Fsp3) is 0.222. The summed E-state index contributed by atoms with van der Waals surface area (Å²) in [5.74, 6) is -0.821. The van der Waals surface area contributed by atoms with Gasteiger partial charge in [0.05, 0.1) is 11.6 Å². The summed E-state index contributed by atoms with van der Waals surface area (Å²) in [5.41, 5.74) is 1.15. The van der Waals surface area contributed by atoms with E-state index in [1.54, 1.807) is 23.3 Å². The number of carbonyl (C=O) groups is 2. The molecule has 0 aliphatic rings. The number of likely N-dealkylation sites (N-methyl/N-ethyl adjacent to an activating group) is 1. The maximum absolute atomic E-state index is 12.3. The number of ether oxygens (including phenoxy) is 1. The SMILES string of the molecule is Cc1ccsc1CN(C)C(=O)COC(=O)c1sc2ccccc2c1Cl. The number of benzene rings is 1. The Hall–Kier alpha value is -1.89. The Morgan fingerprint density at radius 2 is 2.00 bits per heavy atom. The second-order valence-corrected chi connectivity index (χ2v) is 8.02. The fourth-order valence-electron chi connectivity index (χ4n) is 2.32. The Morgan fingerprint density at radius 3 is 2.68 bits per heavy atom. The van der Waals surface area contributed by atoms with Crippen LogP contribution in [0.1, 0.15) is 20.1 Å². The number of aryl methyl sites for hydroxylation is 1. The predicted molar refractivity (Wildman–Crippen MR) is 103 cm³/mol. The van der Waals surface area contributed by atoms with Crippen molar-refractivity contribution < 1.29 is 14.3 Å². The van der Waals surface area contributed by atoms with E-state index in [1.165, 1.54) is 11.3 Å². The van der Waals surface area contributed by atoms with Gasteiger partial charge in [-0.15, -0.1) is 22.7 Å². The molecular weight excluding hydrogens is 378 g/mol. The summed E-state index contributed by atoms with van der Waals surface area (Å²) < 4.78 is 6.08. The van der Waals surface area contributed by atoms with Gasteiger partial charge >= 0.3 is 5.97 Å². The predicted octanol–water partition coefficient (Wildman–Crippen LogP) is 4.74. The monoisotopic (exact) mass is 393 g/mol. The minimum atomic E-state index is -0.569. The van der Waals surface area contributed by atoms with Crippen molar-refractivity contribution in [2.24, 2.45) is 0 Å². The third kappa shape index (κ3) is 3.86. The van der Waals surface area contributed by atoms with Crippen molar-refractivity contribution in [2.75, 3.05) is 13.7 Å². The van der Waals surface area contributed by atoms with Crippen LogP contribution in [0.5, 0.6) is 0 Å². The van der Waals surface area contributed by atoms with Crippen LogP contribution in [-0.2, 0) is 16.1 Å². The van der Waals surface area contributed by atoms with E-state index >= 15 is 0 Å². The van der Waals surface area contributed by atoms with Gasteiger partial charge in [0.25, 0.3) is 5.91 Å². The fourth-order valence-corrected chi connectivity index (χ4v) is 4.68. The van der Waals surface area contributed by atoms with Crippen molar-refractivity contribution in [1.82, 2.24) is 4.90 Å². The summed E-state index contributed by atoms with van der Waals surface area (Å²) in [7, 11) is 1.70. The van der Waals surface area contributed by atoms with Crippen LogP contribution in [0, 0.1) is 6.92 Å². The molecule has 1 amide bonds. The minimum absolute atomic E-state index is 0.251. The molecule has 2 heterocycles. The number of carbonyl (C=O) groups excluding carboxylic acids is 2. The molecule has 0 radical (unpaired) electrons. The maximum atomic E-state index is 12.3. The second-order valence-electron chi connectivity index (χ2n) is 5.59. The van der Waals surface area contributed by atoms with Crippen LogP contribution < -0.4 is 0 Å². The largest absolute Gasteiger partial charge is 0.451 e. The lowest BCUT2D eigenvalue weighted by molar-refractivity contribution is -0.133. The summed E-state index contributed by atoms with van der Waals surface area (Å²) >= 11 is 9.13. The van der Waals surface area contributed by atoms with E-state index in [-0.39, 0.29) is 12.5 Å². The van der Waals surface area contributed by atoms with Crippen molar-refractivity contribution in [3.8, 4) is 0 Å². The van der Waals surface area contributed by atoms with E-state index in [1.807, 2.05) is 42.6 Å². The highest BCUT2D eigenvalue weighted by Crippen LogP contribution is 2.35. The summed E-state index contributed by atoms with van der Waals surface area (Å²) in [6, 6.07) is 9.51. The lowest BCUT2D eigenvalue weighted by Crippen LogP contribution is -2.30. The molecule has 0 atom stereocenters. The van der Waals surface area contributed by atoms with Crippen LogP contribution in [0.3, 0.4) is 0 Å². The van der Waals surface area contributed by atoms with Crippen LogP contribution >= 0.6 is 34.3 Å². The molecule has 0 saturated carbocycles. The minimum Gasteiger partial charge on any atom is -0.451 e. The number of esters is 1. The number of halogens is 1. The zero-order chi connectivity index (χ0) is 18.0. The number of hydrogen-bond acceptors (Lipinski definition) is 5. The molecular formula is C18H16ClNO3S2. The molecule has 0 N–H and O–H groups in total. The number of fused-ring (bicyclic) bond motifs is 1. The lowest BCUT2D eigenvalue weighted by Gasteiger charge is -2.16. The van der Waals surface area contributed by atoms with Crippen LogP contribution in [0.15, 0.2) is 35.7 Å². The third-order valence-corrected chi connectivity index (χ3v) is 6.48. The average molecular weight is 394 g/mol. The third-order valence-electron chi connectivity index (χ3n) is 3.82. The standard InChI is InChI=1S/C18H16ClNO3S2/c1-11-7-8-24-14(11)9-20(2)15(21)10-23-18(22)17-16(19)12-5-3-4-6-13(12)25-17/h3-8H,9-10H2,1-2H3. The zero-order valence-electron chi connectivity index (χ0n) is 13.7. The van der Waals surface area contributed by atoms with Crippen molar-refractivity contribution >= 4 is 56.2 Å². The van der Waals surface area contributed by atoms with Crippen molar-refractivity contribution in [1.29, 1.82) is 0 Å². The molecule has 7 heteroatoms. The normalized spacial score (nSPS) is 10.8. The van der Waals surface area contributed by atoms with E-state index < -0.39 is 5.97 Å². The Labute approximate surface area is 158 Å². The van der Waals surface area contributed by atoms with Gasteiger partial charge in [-0.3, -0.25) is 4.79 Å². The Bertz CT molecular complexity index is 931. The highest BCUT2D eigenvalue weighted by molar-refractivity contribution is 7.21. The van der Waals surface area contributed by atoms with E-state index in [0.717, 1.165) is 20.5 Å². The van der Waals surface area contributed by atoms with Gasteiger partial charge in [0, 0.05) is 22.0 Å². The molecule has 0 spiro atoms. The summed E-state index contributed by atoms with van der Waals surface area (Å²) in [6.45, 7) is 2.21. The first-order chi connectivity index (χ1) is 12.0. The number of amides is 1. The molecule has 25 heavy (non-hydrogen) atoms. The van der Waals surface area contributed by atoms with Gasteiger partial charge in [-0.25, -0.2) is 4.79 Å². The highest BCUT2D eigenvalue weighted by atomic mass is 35.5. The number of thiophene rings is 2. The first-order valence-electron chi connectivity index (χ1n) is 7.58. The van der Waals surface area contributed by atoms with Crippen LogP contribution in [-0.4, -0.2) is 30.4 Å². The van der Waals surface area contributed by atoms with Crippen LogP contribution in [0.25, 0.3) is 10.1 Å². The number of nitrogens with zero attached hydrogens (tertiary/aromatic N) is 1. The van der Waals surface area contributed by atoms with E-state index in [0.29, 0.717) is 16.4 Å². The summed E-state index contributed by atoms with van der Waals surface area (Å²) in [5, 5.41) is 3.19. The molecule has 4 nitrogen and oxygen atoms in total. The van der Waals surface area contributed by atoms with Gasteiger partial charge < -0.3 is 9.64 Å². The molecule has 0 saturated heterocycles. The molecule has 130 valence electrons. The highest BCUT2D eigenvalue weighted by Gasteiger charge is 2.20. The lowest BCUT2D eigenvalue weighted by atomic mass is 10.2. The second kappa shape index (κ2) is 7.56.